The summed E-state index contributed by atoms with van der Waals surface area (Å²) >= 11 is 0. The third-order valence-electron chi connectivity index (χ3n) is 2.71. The summed E-state index contributed by atoms with van der Waals surface area (Å²) in [7, 11) is 0. The Kier molecular flexibility index (Phi) is 4.19. The van der Waals surface area contributed by atoms with Gasteiger partial charge in [-0.3, -0.25) is 0 Å². The van der Waals surface area contributed by atoms with Crippen LogP contribution in [0.15, 0.2) is 30.6 Å². The molecule has 0 aliphatic rings. The molecule has 2 rings (SSSR count). The molecular formula is C15H18N4. The molecule has 0 unspecified atom stereocenters. The van der Waals surface area contributed by atoms with E-state index in [1.165, 1.54) is 0 Å². The van der Waals surface area contributed by atoms with Crippen molar-refractivity contribution in [1.29, 1.82) is 0 Å². The van der Waals surface area contributed by atoms with Crippen molar-refractivity contribution >= 4 is 5.69 Å². The Morgan fingerprint density at radius 2 is 2.26 bits per heavy atom. The molecule has 0 amide bonds. The minimum atomic E-state index is 0.546. The molecule has 1 heterocycles. The summed E-state index contributed by atoms with van der Waals surface area (Å²) in [5.41, 5.74) is 1.86. The molecule has 0 aliphatic heterocycles. The summed E-state index contributed by atoms with van der Waals surface area (Å²) in [6, 6.07) is 7.79. The molecule has 19 heavy (non-hydrogen) atoms. The van der Waals surface area contributed by atoms with E-state index in [1.807, 2.05) is 28.9 Å². The smallest absolute Gasteiger partial charge is 0.146 e. The minimum Gasteiger partial charge on any atom is -0.378 e. The molecule has 0 spiro atoms. The summed E-state index contributed by atoms with van der Waals surface area (Å²) < 4.78 is 1.93. The van der Waals surface area contributed by atoms with Crippen LogP contribution >= 0.6 is 0 Å². The van der Waals surface area contributed by atoms with Gasteiger partial charge in [-0.15, -0.1) is 6.42 Å². The monoisotopic (exact) mass is 254 g/mol. The number of terminal acetylenes is 1. The van der Waals surface area contributed by atoms with Crippen LogP contribution in [0.5, 0.6) is 0 Å². The zero-order valence-corrected chi connectivity index (χ0v) is 11.3. The molecule has 0 aliphatic carbocycles. The molecule has 2 aromatic rings. The third kappa shape index (κ3) is 3.59. The van der Waals surface area contributed by atoms with Crippen LogP contribution < -0.4 is 5.32 Å². The van der Waals surface area contributed by atoms with Gasteiger partial charge in [0.1, 0.15) is 12.2 Å². The van der Waals surface area contributed by atoms with Gasteiger partial charge in [0.2, 0.25) is 0 Å². The quantitative estimate of drug-likeness (QED) is 0.834. The van der Waals surface area contributed by atoms with Gasteiger partial charge >= 0.3 is 0 Å². The number of aromatic nitrogens is 3. The Bertz CT molecular complexity index is 578. The van der Waals surface area contributed by atoms with Crippen molar-refractivity contribution in [2.24, 2.45) is 5.92 Å². The van der Waals surface area contributed by atoms with Gasteiger partial charge in [-0.05, 0) is 24.1 Å². The first-order chi connectivity index (χ1) is 9.19. The lowest BCUT2D eigenvalue weighted by molar-refractivity contribution is 0.468. The highest BCUT2D eigenvalue weighted by molar-refractivity contribution is 5.49. The van der Waals surface area contributed by atoms with Crippen LogP contribution in [0.1, 0.15) is 25.2 Å². The largest absolute Gasteiger partial charge is 0.378 e. The van der Waals surface area contributed by atoms with Gasteiger partial charge in [0.25, 0.3) is 0 Å². The maximum atomic E-state index is 5.38. The van der Waals surface area contributed by atoms with Crippen LogP contribution in [0.25, 0.3) is 0 Å². The molecule has 0 bridgehead atoms. The van der Waals surface area contributed by atoms with Crippen molar-refractivity contribution in [2.45, 2.75) is 26.9 Å². The molecule has 0 radical (unpaired) electrons. The second kappa shape index (κ2) is 6.05. The Morgan fingerprint density at radius 1 is 1.42 bits per heavy atom. The number of nitrogens with zero attached hydrogens (tertiary/aromatic N) is 3. The maximum absolute atomic E-state index is 5.38. The fourth-order valence-corrected chi connectivity index (χ4v) is 1.82. The molecular weight excluding hydrogens is 236 g/mol. The molecule has 1 aromatic heterocycles. The predicted molar refractivity (Wildman–Crippen MR) is 76.6 cm³/mol. The molecule has 0 fully saturated rings. The Labute approximate surface area is 113 Å². The van der Waals surface area contributed by atoms with Crippen LogP contribution in [0.3, 0.4) is 0 Å². The number of hydrogen-bond acceptors (Lipinski definition) is 3. The molecule has 98 valence electrons. The zero-order valence-electron chi connectivity index (χ0n) is 11.3. The van der Waals surface area contributed by atoms with Gasteiger partial charge < -0.3 is 5.32 Å². The summed E-state index contributed by atoms with van der Waals surface area (Å²) in [5.74, 6) is 4.10. The van der Waals surface area contributed by atoms with Gasteiger partial charge in [-0.2, -0.15) is 5.10 Å². The van der Waals surface area contributed by atoms with Gasteiger partial charge in [-0.1, -0.05) is 25.8 Å². The fraction of sp³-hybridized carbons (Fsp3) is 0.333. The first-order valence-electron chi connectivity index (χ1n) is 6.36. The second-order valence-electron chi connectivity index (χ2n) is 4.83. The topological polar surface area (TPSA) is 42.7 Å². The van der Waals surface area contributed by atoms with Gasteiger partial charge in [-0.25, -0.2) is 9.67 Å². The van der Waals surface area contributed by atoms with Crippen LogP contribution in [-0.4, -0.2) is 14.8 Å². The Balaban J connectivity index is 2.02. The average Bonchev–Trinajstić information content (AvgIpc) is 2.83. The van der Waals surface area contributed by atoms with Crippen molar-refractivity contribution < 1.29 is 0 Å². The lowest BCUT2D eigenvalue weighted by Gasteiger charge is -2.10. The first-order valence-corrected chi connectivity index (χ1v) is 6.36. The molecule has 4 nitrogen and oxygen atoms in total. The number of benzene rings is 1. The molecule has 1 aromatic carbocycles. The SMILES string of the molecule is C#Cc1cccc(NCc2ncnn2CC(C)C)c1. The highest BCUT2D eigenvalue weighted by atomic mass is 15.3. The molecule has 1 N–H and O–H groups in total. The van der Waals surface area contributed by atoms with Crippen molar-refractivity contribution in [3.8, 4) is 12.3 Å². The van der Waals surface area contributed by atoms with Crippen molar-refractivity contribution in [3.63, 3.8) is 0 Å². The zero-order chi connectivity index (χ0) is 13.7. The van der Waals surface area contributed by atoms with Crippen LogP contribution in [0.4, 0.5) is 5.69 Å². The number of rotatable bonds is 5. The second-order valence-corrected chi connectivity index (χ2v) is 4.83. The summed E-state index contributed by atoms with van der Waals surface area (Å²) in [6.07, 6.45) is 6.98. The van der Waals surface area contributed by atoms with Gasteiger partial charge in [0, 0.05) is 17.8 Å². The first kappa shape index (κ1) is 13.2. The standard InChI is InChI=1S/C15H18N4/c1-4-13-6-5-7-14(8-13)16-9-15-17-11-18-19(15)10-12(2)3/h1,5-8,11-12,16H,9-10H2,2-3H3. The molecule has 0 saturated heterocycles. The van der Waals surface area contributed by atoms with Crippen LogP contribution in [0.2, 0.25) is 0 Å². The van der Waals surface area contributed by atoms with E-state index in [0.29, 0.717) is 12.5 Å². The third-order valence-corrected chi connectivity index (χ3v) is 2.71. The van der Waals surface area contributed by atoms with E-state index >= 15 is 0 Å². The predicted octanol–water partition coefficient (Wildman–Crippen LogP) is 2.53. The van der Waals surface area contributed by atoms with E-state index < -0.39 is 0 Å². The summed E-state index contributed by atoms with van der Waals surface area (Å²) in [4.78, 5) is 4.28. The van der Waals surface area contributed by atoms with E-state index in [4.69, 9.17) is 6.42 Å². The van der Waals surface area contributed by atoms with Gasteiger partial charge in [0.15, 0.2) is 0 Å². The minimum absolute atomic E-state index is 0.546. The molecule has 4 heteroatoms. The fourth-order valence-electron chi connectivity index (χ4n) is 1.82. The van der Waals surface area contributed by atoms with E-state index in [-0.39, 0.29) is 0 Å². The normalized spacial score (nSPS) is 10.4. The Hall–Kier alpha value is -2.28. The van der Waals surface area contributed by atoms with E-state index in [2.05, 4.69) is 35.2 Å². The average molecular weight is 254 g/mol. The maximum Gasteiger partial charge on any atom is 0.146 e. The lowest BCUT2D eigenvalue weighted by atomic mass is 10.2. The van der Waals surface area contributed by atoms with E-state index in [1.54, 1.807) is 6.33 Å². The van der Waals surface area contributed by atoms with E-state index in [9.17, 15) is 0 Å². The molecule has 0 atom stereocenters. The Morgan fingerprint density at radius 3 is 3.00 bits per heavy atom. The number of hydrogen-bond donors (Lipinski definition) is 1. The highest BCUT2D eigenvalue weighted by Gasteiger charge is 2.05. The highest BCUT2D eigenvalue weighted by Crippen LogP contribution is 2.11. The summed E-state index contributed by atoms with van der Waals surface area (Å²) in [6.45, 7) is 5.84. The van der Waals surface area contributed by atoms with Crippen molar-refractivity contribution in [3.05, 3.63) is 42.0 Å². The molecule has 0 saturated carbocycles. The van der Waals surface area contributed by atoms with Crippen molar-refractivity contribution in [2.75, 3.05) is 5.32 Å². The van der Waals surface area contributed by atoms with Gasteiger partial charge in [0.05, 0.1) is 6.54 Å². The number of anilines is 1. The van der Waals surface area contributed by atoms with Crippen molar-refractivity contribution in [1.82, 2.24) is 14.8 Å². The van der Waals surface area contributed by atoms with Crippen LogP contribution in [-0.2, 0) is 13.1 Å². The number of nitrogens with one attached hydrogen (secondary N) is 1. The van der Waals surface area contributed by atoms with E-state index in [0.717, 1.165) is 23.6 Å². The lowest BCUT2D eigenvalue weighted by Crippen LogP contribution is -2.13. The van der Waals surface area contributed by atoms with Crippen LogP contribution in [0, 0.1) is 18.3 Å². The summed E-state index contributed by atoms with van der Waals surface area (Å²) in [5, 5.41) is 7.55.